The molecule has 24 heavy (non-hydrogen) atoms. The minimum Gasteiger partial charge on any atom is -0.435 e. The Balaban J connectivity index is 1.98. The third-order valence-electron chi connectivity index (χ3n) is 3.38. The standard InChI is InChI=1S/C17H15Cl2F2NO2/c1-10(11-5-7-12(8-6-11)24-17(20)21)22-16(23)9-13-14(18)3-2-4-15(13)19/h2-8,10,17H,9H2,1H3,(H,22,23). The lowest BCUT2D eigenvalue weighted by molar-refractivity contribution is -0.121. The molecule has 1 N–H and O–H groups in total. The third kappa shape index (κ3) is 5.08. The highest BCUT2D eigenvalue weighted by Gasteiger charge is 2.14. The zero-order valence-corrected chi connectivity index (χ0v) is 14.2. The van der Waals surface area contributed by atoms with Gasteiger partial charge in [0.2, 0.25) is 5.91 Å². The van der Waals surface area contributed by atoms with Gasteiger partial charge in [-0.15, -0.1) is 0 Å². The summed E-state index contributed by atoms with van der Waals surface area (Å²) in [5.74, 6) is -0.180. The van der Waals surface area contributed by atoms with Gasteiger partial charge in [-0.2, -0.15) is 8.78 Å². The van der Waals surface area contributed by atoms with Crippen LogP contribution in [0.1, 0.15) is 24.1 Å². The van der Waals surface area contributed by atoms with Crippen LogP contribution < -0.4 is 10.1 Å². The average Bonchev–Trinajstić information content (AvgIpc) is 2.51. The maximum atomic E-state index is 12.2. The molecule has 128 valence electrons. The van der Waals surface area contributed by atoms with E-state index in [-0.39, 0.29) is 24.1 Å². The highest BCUT2D eigenvalue weighted by atomic mass is 35.5. The molecule has 0 saturated heterocycles. The molecular weight excluding hydrogens is 359 g/mol. The van der Waals surface area contributed by atoms with E-state index in [1.165, 1.54) is 12.1 Å². The minimum absolute atomic E-state index is 0.0510. The van der Waals surface area contributed by atoms with Gasteiger partial charge in [-0.25, -0.2) is 0 Å². The number of ether oxygens (including phenoxy) is 1. The molecule has 7 heteroatoms. The molecule has 0 saturated carbocycles. The van der Waals surface area contributed by atoms with E-state index in [0.29, 0.717) is 15.6 Å². The first-order chi connectivity index (χ1) is 11.4. The molecule has 0 spiro atoms. The highest BCUT2D eigenvalue weighted by Crippen LogP contribution is 2.25. The van der Waals surface area contributed by atoms with E-state index >= 15 is 0 Å². The summed E-state index contributed by atoms with van der Waals surface area (Å²) in [6.07, 6.45) is 0.0510. The number of halogens is 4. The summed E-state index contributed by atoms with van der Waals surface area (Å²) in [5, 5.41) is 3.67. The summed E-state index contributed by atoms with van der Waals surface area (Å²) in [6.45, 7) is -1.08. The van der Waals surface area contributed by atoms with Crippen LogP contribution >= 0.6 is 23.2 Å². The van der Waals surface area contributed by atoms with Crippen molar-refractivity contribution in [3.63, 3.8) is 0 Å². The van der Waals surface area contributed by atoms with E-state index < -0.39 is 6.61 Å². The predicted octanol–water partition coefficient (Wildman–Crippen LogP) is 5.01. The minimum atomic E-state index is -2.87. The van der Waals surface area contributed by atoms with Gasteiger partial charge in [-0.1, -0.05) is 41.4 Å². The van der Waals surface area contributed by atoms with Crippen LogP contribution in [0.4, 0.5) is 8.78 Å². The molecule has 0 radical (unpaired) electrons. The van der Waals surface area contributed by atoms with Crippen molar-refractivity contribution in [1.29, 1.82) is 0 Å². The Bertz CT molecular complexity index is 688. The summed E-state index contributed by atoms with van der Waals surface area (Å²) in [6, 6.07) is 10.8. The lowest BCUT2D eigenvalue weighted by Crippen LogP contribution is -2.28. The van der Waals surface area contributed by atoms with Crippen molar-refractivity contribution in [2.24, 2.45) is 0 Å². The third-order valence-corrected chi connectivity index (χ3v) is 4.09. The van der Waals surface area contributed by atoms with Gasteiger partial charge in [0.05, 0.1) is 12.5 Å². The average molecular weight is 374 g/mol. The Morgan fingerprint density at radius 2 is 1.71 bits per heavy atom. The van der Waals surface area contributed by atoms with Gasteiger partial charge < -0.3 is 10.1 Å². The molecule has 0 bridgehead atoms. The first-order valence-electron chi connectivity index (χ1n) is 7.14. The molecule has 1 unspecified atom stereocenters. The molecular formula is C17H15Cl2F2NO2. The fourth-order valence-corrected chi connectivity index (χ4v) is 2.71. The van der Waals surface area contributed by atoms with Crippen LogP contribution in [0.3, 0.4) is 0 Å². The summed E-state index contributed by atoms with van der Waals surface area (Å²) in [4.78, 5) is 12.2. The number of benzene rings is 2. The topological polar surface area (TPSA) is 38.3 Å². The van der Waals surface area contributed by atoms with Gasteiger partial charge >= 0.3 is 6.61 Å². The van der Waals surface area contributed by atoms with E-state index in [0.717, 1.165) is 5.56 Å². The van der Waals surface area contributed by atoms with Gasteiger partial charge in [-0.3, -0.25) is 4.79 Å². The number of nitrogens with one attached hydrogen (secondary N) is 1. The van der Waals surface area contributed by atoms with Gasteiger partial charge in [-0.05, 0) is 42.3 Å². The maximum Gasteiger partial charge on any atom is 0.387 e. The van der Waals surface area contributed by atoms with E-state index in [9.17, 15) is 13.6 Å². The van der Waals surface area contributed by atoms with E-state index in [4.69, 9.17) is 23.2 Å². The lowest BCUT2D eigenvalue weighted by atomic mass is 10.1. The molecule has 2 rings (SSSR count). The summed E-state index contributed by atoms with van der Waals surface area (Å²) in [7, 11) is 0. The van der Waals surface area contributed by atoms with Crippen LogP contribution in [-0.2, 0) is 11.2 Å². The fraction of sp³-hybridized carbons (Fsp3) is 0.235. The molecule has 2 aromatic rings. The molecule has 3 nitrogen and oxygen atoms in total. The van der Waals surface area contributed by atoms with Gasteiger partial charge in [0, 0.05) is 10.0 Å². The van der Waals surface area contributed by atoms with Crippen LogP contribution in [-0.4, -0.2) is 12.5 Å². The highest BCUT2D eigenvalue weighted by molar-refractivity contribution is 6.36. The van der Waals surface area contributed by atoms with Crippen molar-refractivity contribution < 1.29 is 18.3 Å². The van der Waals surface area contributed by atoms with Crippen molar-refractivity contribution in [1.82, 2.24) is 5.32 Å². The number of carbonyl (C=O) groups excluding carboxylic acids is 1. The second-order valence-corrected chi connectivity index (χ2v) is 5.93. The molecule has 1 atom stereocenters. The van der Waals surface area contributed by atoms with Crippen LogP contribution in [0.5, 0.6) is 5.75 Å². The zero-order valence-electron chi connectivity index (χ0n) is 12.7. The van der Waals surface area contributed by atoms with Crippen LogP contribution in [0, 0.1) is 0 Å². The summed E-state index contributed by atoms with van der Waals surface area (Å²) < 4.78 is 28.5. The quantitative estimate of drug-likeness (QED) is 0.772. The maximum absolute atomic E-state index is 12.2. The smallest absolute Gasteiger partial charge is 0.387 e. The number of hydrogen-bond acceptors (Lipinski definition) is 2. The van der Waals surface area contributed by atoms with Crippen molar-refractivity contribution >= 4 is 29.1 Å². The zero-order chi connectivity index (χ0) is 17.7. The van der Waals surface area contributed by atoms with Crippen LogP contribution in [0.15, 0.2) is 42.5 Å². The number of hydrogen-bond donors (Lipinski definition) is 1. The SMILES string of the molecule is CC(NC(=O)Cc1c(Cl)cccc1Cl)c1ccc(OC(F)F)cc1. The largest absolute Gasteiger partial charge is 0.435 e. The number of alkyl halides is 2. The second kappa shape index (κ2) is 8.31. The van der Waals surface area contributed by atoms with E-state index in [1.54, 1.807) is 37.3 Å². The van der Waals surface area contributed by atoms with Crippen LogP contribution in [0.25, 0.3) is 0 Å². The Morgan fingerprint density at radius 3 is 2.25 bits per heavy atom. The Labute approximate surface area is 148 Å². The van der Waals surface area contributed by atoms with Gasteiger partial charge in [0.25, 0.3) is 0 Å². The first kappa shape index (κ1) is 18.5. The number of carbonyl (C=O) groups is 1. The number of amides is 1. The monoisotopic (exact) mass is 373 g/mol. The van der Waals surface area contributed by atoms with Crippen molar-refractivity contribution in [2.45, 2.75) is 26.0 Å². The van der Waals surface area contributed by atoms with Crippen molar-refractivity contribution in [2.75, 3.05) is 0 Å². The predicted molar refractivity (Wildman–Crippen MR) is 89.8 cm³/mol. The van der Waals surface area contributed by atoms with E-state index in [2.05, 4.69) is 10.1 Å². The molecule has 0 aromatic heterocycles. The second-order valence-electron chi connectivity index (χ2n) is 5.11. The van der Waals surface area contributed by atoms with Crippen molar-refractivity contribution in [3.05, 3.63) is 63.6 Å². The van der Waals surface area contributed by atoms with E-state index in [1.807, 2.05) is 0 Å². The Kier molecular flexibility index (Phi) is 6.40. The number of rotatable bonds is 6. The van der Waals surface area contributed by atoms with Crippen LogP contribution in [0.2, 0.25) is 10.0 Å². The Hall–Kier alpha value is -1.85. The molecule has 2 aromatic carbocycles. The van der Waals surface area contributed by atoms with Gasteiger partial charge in [0.1, 0.15) is 5.75 Å². The molecule has 1 amide bonds. The lowest BCUT2D eigenvalue weighted by Gasteiger charge is -2.16. The molecule has 0 aliphatic rings. The Morgan fingerprint density at radius 1 is 1.12 bits per heavy atom. The summed E-state index contributed by atoms with van der Waals surface area (Å²) >= 11 is 12.1. The molecule has 0 fully saturated rings. The fourth-order valence-electron chi connectivity index (χ4n) is 2.18. The van der Waals surface area contributed by atoms with Gasteiger partial charge in [0.15, 0.2) is 0 Å². The normalized spacial score (nSPS) is 12.1. The van der Waals surface area contributed by atoms with Crippen molar-refractivity contribution in [3.8, 4) is 5.75 Å². The molecule has 0 heterocycles. The summed E-state index contributed by atoms with van der Waals surface area (Å²) in [5.41, 5.74) is 1.32. The first-order valence-corrected chi connectivity index (χ1v) is 7.89. The molecule has 0 aliphatic carbocycles. The molecule has 0 aliphatic heterocycles.